The number of benzene rings is 2. The first-order chi connectivity index (χ1) is 17.2. The van der Waals surface area contributed by atoms with Gasteiger partial charge in [-0.2, -0.15) is 18.3 Å². The Bertz CT molecular complexity index is 1310. The van der Waals surface area contributed by atoms with Gasteiger partial charge in [-0.15, -0.1) is 0 Å². The summed E-state index contributed by atoms with van der Waals surface area (Å²) in [6.07, 6.45) is -6.16. The van der Waals surface area contributed by atoms with Crippen molar-refractivity contribution in [2.75, 3.05) is 35.8 Å². The minimum atomic E-state index is -4.72. The number of anilines is 2. The minimum absolute atomic E-state index is 0.0604. The normalized spacial score (nSPS) is 17.8. The topological polar surface area (TPSA) is 113 Å². The van der Waals surface area contributed by atoms with Gasteiger partial charge in [-0.05, 0) is 57.2 Å². The molecule has 2 aromatic rings. The van der Waals surface area contributed by atoms with Gasteiger partial charge >= 0.3 is 12.3 Å². The standard InChI is InChI=1S/C23H26F3N5O5S/c1-22(2,3)36-21(32)28-16-7-8-20-19(12-16)31(14-17(35-20)13-30-10-9-27-29-30)37(33,34)18-6-4-5-15(11-18)23(24,25)26/h4-8,11-12,17H,9-10,13-14H2,1-3H3,(H,28,32). The molecule has 2 aliphatic heterocycles. The van der Waals surface area contributed by atoms with E-state index in [0.29, 0.717) is 19.2 Å². The number of amides is 1. The molecule has 10 nitrogen and oxygen atoms in total. The molecule has 1 atom stereocenters. The highest BCUT2D eigenvalue weighted by atomic mass is 32.2. The van der Waals surface area contributed by atoms with Gasteiger partial charge in [-0.1, -0.05) is 11.3 Å². The van der Waals surface area contributed by atoms with E-state index < -0.39 is 44.5 Å². The Labute approximate surface area is 212 Å². The first-order valence-corrected chi connectivity index (χ1v) is 12.8. The third kappa shape index (κ3) is 6.24. The maximum Gasteiger partial charge on any atom is 0.416 e. The highest BCUT2D eigenvalue weighted by molar-refractivity contribution is 7.92. The van der Waals surface area contributed by atoms with Crippen molar-refractivity contribution in [1.29, 1.82) is 0 Å². The Hall–Kier alpha value is -3.55. The van der Waals surface area contributed by atoms with Gasteiger partial charge in [0.05, 0.1) is 42.3 Å². The predicted molar refractivity (Wildman–Crippen MR) is 128 cm³/mol. The van der Waals surface area contributed by atoms with Crippen molar-refractivity contribution < 1.29 is 35.9 Å². The number of halogens is 3. The molecule has 2 heterocycles. The van der Waals surface area contributed by atoms with Gasteiger partial charge in [-0.3, -0.25) is 14.6 Å². The van der Waals surface area contributed by atoms with Gasteiger partial charge in [0.1, 0.15) is 17.5 Å². The van der Waals surface area contributed by atoms with E-state index in [1.165, 1.54) is 18.2 Å². The van der Waals surface area contributed by atoms with E-state index in [4.69, 9.17) is 9.47 Å². The number of nitrogens with zero attached hydrogens (tertiary/aromatic N) is 4. The summed E-state index contributed by atoms with van der Waals surface area (Å²) in [5.74, 6) is 0.178. The molecule has 2 aliphatic rings. The first kappa shape index (κ1) is 26.5. The van der Waals surface area contributed by atoms with Gasteiger partial charge in [0.15, 0.2) is 0 Å². The van der Waals surface area contributed by atoms with E-state index in [-0.39, 0.29) is 30.2 Å². The van der Waals surface area contributed by atoms with Crippen LogP contribution in [0.3, 0.4) is 0 Å². The van der Waals surface area contributed by atoms with E-state index >= 15 is 0 Å². The summed E-state index contributed by atoms with van der Waals surface area (Å²) in [6, 6.07) is 7.90. The molecule has 0 bridgehead atoms. The van der Waals surface area contributed by atoms with Crippen LogP contribution in [0.25, 0.3) is 0 Å². The lowest BCUT2D eigenvalue weighted by Gasteiger charge is -2.36. The Kier molecular flexibility index (Phi) is 6.97. The van der Waals surface area contributed by atoms with Crippen molar-refractivity contribution >= 4 is 27.5 Å². The van der Waals surface area contributed by atoms with Crippen LogP contribution in [0.5, 0.6) is 5.75 Å². The van der Waals surface area contributed by atoms with Gasteiger partial charge in [0, 0.05) is 5.69 Å². The molecule has 0 saturated carbocycles. The molecule has 0 fully saturated rings. The van der Waals surface area contributed by atoms with Crippen molar-refractivity contribution in [1.82, 2.24) is 5.01 Å². The molecule has 0 spiro atoms. The fourth-order valence-corrected chi connectivity index (χ4v) is 5.34. The zero-order valence-corrected chi connectivity index (χ0v) is 21.1. The SMILES string of the molecule is CC(C)(C)OC(=O)Nc1ccc2c(c1)N(S(=O)(=O)c1cccc(C(F)(F)F)c1)CC(CN1CCN=N1)O2. The number of rotatable bonds is 5. The van der Waals surface area contributed by atoms with Crippen LogP contribution in [-0.4, -0.2) is 57.4 Å². The average molecular weight is 542 g/mol. The van der Waals surface area contributed by atoms with Crippen molar-refractivity contribution in [2.24, 2.45) is 10.3 Å². The largest absolute Gasteiger partial charge is 0.484 e. The molecule has 200 valence electrons. The van der Waals surface area contributed by atoms with Crippen molar-refractivity contribution in [2.45, 2.75) is 43.5 Å². The lowest BCUT2D eigenvalue weighted by Crippen LogP contribution is -2.47. The molecule has 4 rings (SSSR count). The molecular weight excluding hydrogens is 515 g/mol. The second-order valence-corrected chi connectivity index (χ2v) is 11.3. The second kappa shape index (κ2) is 9.72. The van der Waals surface area contributed by atoms with Crippen molar-refractivity contribution in [3.8, 4) is 5.75 Å². The third-order valence-corrected chi connectivity index (χ3v) is 7.12. The summed E-state index contributed by atoms with van der Waals surface area (Å²) in [6.45, 7) is 6.12. The lowest BCUT2D eigenvalue weighted by molar-refractivity contribution is -0.137. The zero-order valence-electron chi connectivity index (χ0n) is 20.3. The fraction of sp³-hybridized carbons (Fsp3) is 0.435. The third-order valence-electron chi connectivity index (χ3n) is 5.35. The number of fused-ring (bicyclic) bond motifs is 1. The van der Waals surface area contributed by atoms with E-state index in [1.54, 1.807) is 25.8 Å². The van der Waals surface area contributed by atoms with Gasteiger partial charge in [0.25, 0.3) is 10.0 Å². The Morgan fingerprint density at radius 2 is 1.95 bits per heavy atom. The Morgan fingerprint density at radius 1 is 1.19 bits per heavy atom. The Balaban J connectivity index is 1.71. The van der Waals surface area contributed by atoms with E-state index in [2.05, 4.69) is 15.7 Å². The number of ether oxygens (including phenoxy) is 2. The number of hydrogen-bond donors (Lipinski definition) is 1. The van der Waals surface area contributed by atoms with Crippen molar-refractivity contribution in [3.63, 3.8) is 0 Å². The Morgan fingerprint density at radius 3 is 2.59 bits per heavy atom. The van der Waals surface area contributed by atoms with Crippen LogP contribution in [0, 0.1) is 0 Å². The van der Waals surface area contributed by atoms with Crippen LogP contribution in [0.4, 0.5) is 29.3 Å². The molecule has 2 aromatic carbocycles. The molecule has 1 unspecified atom stereocenters. The summed E-state index contributed by atoms with van der Waals surface area (Å²) in [5.41, 5.74) is -1.57. The molecule has 1 amide bonds. The molecule has 0 aliphatic carbocycles. The van der Waals surface area contributed by atoms with Crippen LogP contribution in [-0.2, 0) is 20.9 Å². The fourth-order valence-electron chi connectivity index (χ4n) is 3.80. The molecule has 0 aromatic heterocycles. The van der Waals surface area contributed by atoms with Crippen LogP contribution < -0.4 is 14.4 Å². The quantitative estimate of drug-likeness (QED) is 0.588. The maximum atomic E-state index is 13.7. The number of carbonyl (C=O) groups is 1. The average Bonchev–Trinajstić information content (AvgIpc) is 3.30. The second-order valence-electron chi connectivity index (χ2n) is 9.48. The highest BCUT2D eigenvalue weighted by Crippen LogP contribution is 2.40. The minimum Gasteiger partial charge on any atom is -0.484 e. The van der Waals surface area contributed by atoms with Gasteiger partial charge < -0.3 is 9.47 Å². The molecule has 0 saturated heterocycles. The molecule has 14 heteroatoms. The summed E-state index contributed by atoms with van der Waals surface area (Å²) in [5, 5.41) is 12.0. The summed E-state index contributed by atoms with van der Waals surface area (Å²) < 4.78 is 79.5. The van der Waals surface area contributed by atoms with E-state index in [1.807, 2.05) is 0 Å². The number of sulfonamides is 1. The molecule has 1 N–H and O–H groups in total. The number of hydrogen-bond acceptors (Lipinski definition) is 8. The smallest absolute Gasteiger partial charge is 0.416 e. The van der Waals surface area contributed by atoms with Crippen LogP contribution in [0.2, 0.25) is 0 Å². The predicted octanol–water partition coefficient (Wildman–Crippen LogP) is 4.69. The highest BCUT2D eigenvalue weighted by Gasteiger charge is 2.38. The van der Waals surface area contributed by atoms with E-state index in [0.717, 1.165) is 22.5 Å². The molecule has 37 heavy (non-hydrogen) atoms. The first-order valence-electron chi connectivity index (χ1n) is 11.4. The number of nitrogens with one attached hydrogen (secondary N) is 1. The number of carbonyl (C=O) groups excluding carboxylic acids is 1. The van der Waals surface area contributed by atoms with Crippen LogP contribution in [0.1, 0.15) is 26.3 Å². The van der Waals surface area contributed by atoms with E-state index in [9.17, 15) is 26.4 Å². The zero-order chi connectivity index (χ0) is 27.0. The molecular formula is C23H26F3N5O5S. The number of alkyl halides is 3. The summed E-state index contributed by atoms with van der Waals surface area (Å²) in [7, 11) is -4.46. The summed E-state index contributed by atoms with van der Waals surface area (Å²) in [4.78, 5) is 11.7. The summed E-state index contributed by atoms with van der Waals surface area (Å²) >= 11 is 0. The van der Waals surface area contributed by atoms with Gasteiger partial charge in [-0.25, -0.2) is 13.2 Å². The monoisotopic (exact) mass is 541 g/mol. The molecule has 0 radical (unpaired) electrons. The van der Waals surface area contributed by atoms with Gasteiger partial charge in [0.2, 0.25) is 0 Å². The maximum absolute atomic E-state index is 13.7. The van der Waals surface area contributed by atoms with Crippen LogP contribution >= 0.6 is 0 Å². The van der Waals surface area contributed by atoms with Crippen LogP contribution in [0.15, 0.2) is 57.7 Å². The van der Waals surface area contributed by atoms with Crippen molar-refractivity contribution in [3.05, 3.63) is 48.0 Å². The lowest BCUT2D eigenvalue weighted by atomic mass is 10.2.